The Balaban J connectivity index is 1.94. The van der Waals surface area contributed by atoms with Gasteiger partial charge >= 0.3 is 0 Å². The highest BCUT2D eigenvalue weighted by atomic mass is 16.5. The molecule has 0 radical (unpaired) electrons. The van der Waals surface area contributed by atoms with Crippen LogP contribution < -0.4 is 10.6 Å². The topological polar surface area (TPSA) is 158 Å². The number of hydrogen-bond donors (Lipinski definition) is 4. The van der Waals surface area contributed by atoms with Gasteiger partial charge in [0.15, 0.2) is 5.58 Å². The molecule has 0 aliphatic heterocycles. The second kappa shape index (κ2) is 8.54. The highest BCUT2D eigenvalue weighted by Gasteiger charge is 2.40. The van der Waals surface area contributed by atoms with Gasteiger partial charge in [0.05, 0.1) is 94.3 Å². The van der Waals surface area contributed by atoms with E-state index in [9.17, 15) is 30.2 Å². The quantitative estimate of drug-likeness (QED) is 0.128. The average Bonchev–Trinajstić information content (AvgIpc) is 3.22. The highest BCUT2D eigenvalue weighted by Crippen LogP contribution is 2.46. The summed E-state index contributed by atoms with van der Waals surface area (Å²) in [5, 5.41) is 51.6. The molecule has 0 bridgehead atoms. The highest BCUT2D eigenvalue weighted by molar-refractivity contribution is 6.36. The summed E-state index contributed by atoms with van der Waals surface area (Å²) in [4.78, 5) is 27.4. The van der Waals surface area contributed by atoms with Gasteiger partial charge in [-0.2, -0.15) is 0 Å². The molecule has 1 heterocycles. The molecule has 0 atom stereocenters. The van der Waals surface area contributed by atoms with Crippen LogP contribution in [0.5, 0.6) is 11.5 Å². The van der Waals surface area contributed by atoms with E-state index >= 15 is 0 Å². The van der Waals surface area contributed by atoms with Crippen LogP contribution >= 0.6 is 0 Å². The smallest absolute Gasteiger partial charge is 0.200 e. The number of likely N-dealkylation sites (N-methyl/N-ethyl adjacent to an activating group) is 2. The number of benzene rings is 2. The number of fused-ring (bicyclic) bond motifs is 3. The first-order valence-electron chi connectivity index (χ1n) is 11.1. The van der Waals surface area contributed by atoms with Gasteiger partial charge < -0.3 is 45.0 Å². The molecule has 11 nitrogen and oxygen atoms in total. The van der Waals surface area contributed by atoms with E-state index in [2.05, 4.69) is 10.6 Å². The number of hydroxylamine groups is 6. The van der Waals surface area contributed by atoms with Crippen LogP contribution in [0.2, 0.25) is 0 Å². The minimum Gasteiger partial charge on any atom is -0.633 e. The van der Waals surface area contributed by atoms with Crippen LogP contribution in [0.15, 0.2) is 28.9 Å². The number of nitrogens with one attached hydrogen (secondary N) is 2. The Kier molecular flexibility index (Phi) is 5.97. The molecule has 0 spiro atoms. The van der Waals surface area contributed by atoms with Crippen LogP contribution in [0.25, 0.3) is 11.0 Å². The maximum atomic E-state index is 13.7. The molecule has 1 aliphatic carbocycles. The Morgan fingerprint density at radius 1 is 0.771 bits per heavy atom. The first-order valence-corrected chi connectivity index (χ1v) is 11.1. The molecule has 186 valence electrons. The second-order valence-electron chi connectivity index (χ2n) is 9.62. The fraction of sp³-hybridized carbons (Fsp3) is 0.333. The van der Waals surface area contributed by atoms with Gasteiger partial charge in [0.1, 0.15) is 11.5 Å². The lowest BCUT2D eigenvalue weighted by Gasteiger charge is -2.34. The minimum absolute atomic E-state index is 0.00752. The van der Waals surface area contributed by atoms with E-state index in [1.54, 1.807) is 6.07 Å². The number of carbonyl (C=O) groups excluding carboxylic acids is 2. The summed E-state index contributed by atoms with van der Waals surface area (Å²) in [7, 11) is 5.93. The number of hydrogen-bond acceptors (Lipinski definition) is 9. The summed E-state index contributed by atoms with van der Waals surface area (Å²) >= 11 is 0. The van der Waals surface area contributed by atoms with E-state index in [1.165, 1.54) is 34.5 Å². The van der Waals surface area contributed by atoms with E-state index in [-0.39, 0.29) is 65.4 Å². The fourth-order valence-corrected chi connectivity index (χ4v) is 4.20. The van der Waals surface area contributed by atoms with Crippen LogP contribution in [0.4, 0.5) is 11.4 Å². The fourth-order valence-electron chi connectivity index (χ4n) is 4.20. The van der Waals surface area contributed by atoms with Gasteiger partial charge in [0.25, 0.3) is 0 Å². The zero-order chi connectivity index (χ0) is 25.7. The zero-order valence-corrected chi connectivity index (χ0v) is 20.0. The van der Waals surface area contributed by atoms with Crippen LogP contribution in [0.1, 0.15) is 31.8 Å². The third-order valence-electron chi connectivity index (χ3n) is 5.89. The maximum Gasteiger partial charge on any atom is 0.200 e. The average molecular weight is 485 g/mol. The number of furan rings is 1. The molecule has 11 heteroatoms. The molecule has 0 saturated heterocycles. The van der Waals surface area contributed by atoms with Crippen molar-refractivity contribution in [2.75, 3.05) is 65.0 Å². The molecule has 0 saturated carbocycles. The third-order valence-corrected chi connectivity index (χ3v) is 5.89. The van der Waals surface area contributed by atoms with Crippen LogP contribution in [0.3, 0.4) is 0 Å². The molecular weight excluding hydrogens is 456 g/mol. The first kappa shape index (κ1) is 24.5. The summed E-state index contributed by atoms with van der Waals surface area (Å²) < 4.78 is 4.53. The van der Waals surface area contributed by atoms with Gasteiger partial charge in [-0.05, 0) is 18.2 Å². The minimum atomic E-state index is -0.678. The van der Waals surface area contributed by atoms with E-state index in [0.717, 1.165) is 12.1 Å². The normalized spacial score (nSPS) is 13.7. The van der Waals surface area contributed by atoms with E-state index in [4.69, 9.17) is 4.42 Å². The number of ketones is 2. The van der Waals surface area contributed by atoms with E-state index < -0.39 is 32.4 Å². The monoisotopic (exact) mass is 484 g/mol. The summed E-state index contributed by atoms with van der Waals surface area (Å²) in [5.74, 6) is -2.21. The number of quaternary nitrogens is 2. The second-order valence-corrected chi connectivity index (χ2v) is 9.62. The van der Waals surface area contributed by atoms with Crippen molar-refractivity contribution < 1.29 is 33.5 Å². The van der Waals surface area contributed by atoms with Crippen molar-refractivity contribution >= 4 is 33.9 Å². The Morgan fingerprint density at radius 3 is 1.71 bits per heavy atom. The SMILES string of the molecule is C[N+](C)([O-])CCNc1c2c(c(NCC[N+](C)(C)[O-])c3occc13)C(=O)c1c(O)ccc(O)c1C2=O. The molecule has 0 unspecified atom stereocenters. The van der Waals surface area contributed by atoms with E-state index in [1.807, 2.05) is 0 Å². The summed E-state index contributed by atoms with van der Waals surface area (Å²) in [6.45, 7) is 0.708. The molecule has 2 aromatic carbocycles. The van der Waals surface area contributed by atoms with Gasteiger partial charge in [-0.25, -0.2) is 0 Å². The number of carbonyl (C=O) groups is 2. The van der Waals surface area contributed by atoms with Crippen molar-refractivity contribution in [3.05, 3.63) is 57.1 Å². The lowest BCUT2D eigenvalue weighted by molar-refractivity contribution is -0.838. The van der Waals surface area contributed by atoms with Crippen molar-refractivity contribution in [1.29, 1.82) is 0 Å². The molecule has 0 fully saturated rings. The van der Waals surface area contributed by atoms with Gasteiger partial charge in [0, 0.05) is 5.39 Å². The predicted octanol–water partition coefficient (Wildman–Crippen LogP) is 2.59. The Morgan fingerprint density at radius 2 is 1.23 bits per heavy atom. The number of nitrogens with zero attached hydrogens (tertiary/aromatic N) is 2. The predicted molar refractivity (Wildman–Crippen MR) is 131 cm³/mol. The van der Waals surface area contributed by atoms with E-state index in [0.29, 0.717) is 5.39 Å². The van der Waals surface area contributed by atoms with Crippen molar-refractivity contribution in [2.24, 2.45) is 0 Å². The first-order chi connectivity index (χ1) is 16.3. The number of rotatable bonds is 8. The molecule has 1 aliphatic rings. The Bertz CT molecular complexity index is 1230. The molecule has 4 rings (SSSR count). The lowest BCUT2D eigenvalue weighted by atomic mass is 9.80. The molecule has 4 N–H and O–H groups in total. The van der Waals surface area contributed by atoms with Crippen molar-refractivity contribution in [3.63, 3.8) is 0 Å². The summed E-state index contributed by atoms with van der Waals surface area (Å²) in [6.07, 6.45) is 1.41. The van der Waals surface area contributed by atoms with Crippen molar-refractivity contribution in [1.82, 2.24) is 0 Å². The third kappa shape index (κ3) is 4.54. The Hall–Kier alpha value is -3.64. The number of phenolic OH excluding ortho intramolecular Hbond substituents is 2. The maximum absolute atomic E-state index is 13.7. The summed E-state index contributed by atoms with van der Waals surface area (Å²) in [5.41, 5.74) is 0.131. The number of anilines is 2. The van der Waals surface area contributed by atoms with Gasteiger partial charge in [-0.3, -0.25) is 9.59 Å². The van der Waals surface area contributed by atoms with Crippen molar-refractivity contribution in [2.45, 2.75) is 0 Å². The van der Waals surface area contributed by atoms with Crippen LogP contribution in [0, 0.1) is 10.4 Å². The number of phenols is 2. The zero-order valence-electron chi connectivity index (χ0n) is 20.0. The largest absolute Gasteiger partial charge is 0.633 e. The van der Waals surface area contributed by atoms with Crippen LogP contribution in [-0.2, 0) is 0 Å². The standard InChI is InChI=1S/C24H28N4O7/c1-27(2,33)10-8-25-20-13-7-12-35-24(13)21(26-9-11-28(3,4)34)19-18(20)22(31)16-14(29)5-6-15(30)17(16)23(19)32/h5-7,12,25-26,29-30H,8-11H2,1-4H3. The molecular formula is C24H28N4O7. The van der Waals surface area contributed by atoms with Crippen LogP contribution in [-0.4, -0.2) is 85.4 Å². The van der Waals surface area contributed by atoms with Gasteiger partial charge in [-0.15, -0.1) is 0 Å². The molecule has 1 aromatic heterocycles. The van der Waals surface area contributed by atoms with Gasteiger partial charge in [0.2, 0.25) is 11.6 Å². The molecule has 35 heavy (non-hydrogen) atoms. The summed E-state index contributed by atoms with van der Waals surface area (Å²) in [6, 6.07) is 3.93. The Labute approximate surface area is 201 Å². The molecule has 0 amide bonds. The van der Waals surface area contributed by atoms with Gasteiger partial charge in [-0.1, -0.05) is 0 Å². The number of aromatic hydroxyl groups is 2. The molecule has 3 aromatic rings. The lowest BCUT2D eigenvalue weighted by Crippen LogP contribution is -2.37. The van der Waals surface area contributed by atoms with Crippen molar-refractivity contribution in [3.8, 4) is 11.5 Å².